The van der Waals surface area contributed by atoms with Crippen LogP contribution in [0.5, 0.6) is 0 Å². The van der Waals surface area contributed by atoms with Gasteiger partial charge in [-0.2, -0.15) is 0 Å². The predicted octanol–water partition coefficient (Wildman–Crippen LogP) is 4.68. The Morgan fingerprint density at radius 1 is 0.967 bits per heavy atom. The molecule has 0 N–H and O–H groups in total. The third-order valence-corrected chi connectivity index (χ3v) is 6.36. The molecule has 0 aliphatic carbocycles. The van der Waals surface area contributed by atoms with Crippen molar-refractivity contribution in [2.75, 3.05) is 13.2 Å². The summed E-state index contributed by atoms with van der Waals surface area (Å²) in [6.45, 7) is 10.7. The van der Waals surface area contributed by atoms with Crippen LogP contribution < -0.4 is 11.1 Å². The number of hydrogen-bond acceptors (Lipinski definition) is 5. The lowest BCUT2D eigenvalue weighted by atomic mass is 10.1. The number of nitrogens with zero attached hydrogens (tertiary/aromatic N) is 3. The van der Waals surface area contributed by atoms with Gasteiger partial charge in [-0.05, 0) is 52.3 Å². The third-order valence-electron chi connectivity index (χ3n) is 4.33. The van der Waals surface area contributed by atoms with Gasteiger partial charge in [0.2, 0.25) is 5.57 Å². The van der Waals surface area contributed by atoms with Crippen LogP contribution in [0.2, 0.25) is 0 Å². The maximum Gasteiger partial charge on any atom is 0.396 e. The number of benzene rings is 2. The Hall–Kier alpha value is -2.27. The Morgan fingerprint density at radius 3 is 2.17 bits per heavy atom. The van der Waals surface area contributed by atoms with Crippen molar-refractivity contribution in [3.63, 3.8) is 0 Å². The maximum atomic E-state index is 13.8. The van der Waals surface area contributed by atoms with Crippen LogP contribution in [0.4, 0.5) is 0 Å². The zero-order chi connectivity index (χ0) is 21.8. The summed E-state index contributed by atoms with van der Waals surface area (Å²) < 4.78 is 27.1. The number of aromatic nitrogens is 2. The van der Waals surface area contributed by atoms with E-state index in [-0.39, 0.29) is 24.3 Å². The monoisotopic (exact) mass is 427 g/mol. The van der Waals surface area contributed by atoms with E-state index in [0.29, 0.717) is 17.5 Å². The second-order valence-corrected chi connectivity index (χ2v) is 9.85. The van der Waals surface area contributed by atoms with Crippen molar-refractivity contribution < 1.29 is 13.6 Å². The van der Waals surface area contributed by atoms with Crippen LogP contribution in [0, 0.1) is 0 Å². The maximum absolute atomic E-state index is 13.8. The van der Waals surface area contributed by atoms with Crippen LogP contribution in [0.3, 0.4) is 0 Å². The van der Waals surface area contributed by atoms with E-state index in [4.69, 9.17) is 19.0 Å². The molecule has 1 heterocycles. The molecule has 2 aromatic carbocycles. The quantitative estimate of drug-likeness (QED) is 0.514. The van der Waals surface area contributed by atoms with Crippen molar-refractivity contribution in [3.8, 4) is 0 Å². The molecule has 0 saturated heterocycles. The van der Waals surface area contributed by atoms with E-state index in [1.54, 1.807) is 13.8 Å². The normalized spacial score (nSPS) is 13.2. The Bertz CT molecular complexity index is 1110. The topological polar surface area (TPSA) is 65.7 Å². The molecule has 1 aromatic heterocycles. The number of hydrogen-bond donors (Lipinski definition) is 0. The molecule has 0 bridgehead atoms. The molecule has 0 aliphatic rings. The molecule has 30 heavy (non-hydrogen) atoms. The lowest BCUT2D eigenvalue weighted by molar-refractivity contribution is 0.227. The Balaban J connectivity index is 2.43. The fourth-order valence-electron chi connectivity index (χ4n) is 3.22. The summed E-state index contributed by atoms with van der Waals surface area (Å²) in [6.07, 6.45) is 0. The summed E-state index contributed by atoms with van der Waals surface area (Å²) in [5, 5.41) is 0.895. The first kappa shape index (κ1) is 22.4. The molecular formula is C23H30N3O3P. The standard InChI is InChI=1S/C23H30N3O3P/c1-6-28-30(27,29-7-2)22-24-20-16-12-11-15-19(20)21(25-23(3,4)5)26(22)17-18-13-9-8-10-14-18/h8-16H,6-7,17H2,1-5H3. The van der Waals surface area contributed by atoms with Gasteiger partial charge >= 0.3 is 7.60 Å². The molecule has 0 unspecified atom stereocenters. The van der Waals surface area contributed by atoms with E-state index in [9.17, 15) is 4.57 Å². The van der Waals surface area contributed by atoms with E-state index >= 15 is 0 Å². The summed E-state index contributed by atoms with van der Waals surface area (Å²) in [5.41, 5.74) is 2.40. The first-order valence-corrected chi connectivity index (χ1v) is 11.8. The minimum absolute atomic E-state index is 0.253. The van der Waals surface area contributed by atoms with Gasteiger partial charge in [-0.15, -0.1) is 0 Å². The molecule has 7 heteroatoms. The molecule has 0 fully saturated rings. The highest BCUT2D eigenvalue weighted by Gasteiger charge is 2.33. The van der Waals surface area contributed by atoms with E-state index in [0.717, 1.165) is 10.9 Å². The molecule has 6 nitrogen and oxygen atoms in total. The highest BCUT2D eigenvalue weighted by Crippen LogP contribution is 2.46. The number of fused-ring (bicyclic) bond motifs is 1. The summed E-state index contributed by atoms with van der Waals surface area (Å²) in [6, 6.07) is 17.7. The molecule has 0 spiro atoms. The number of para-hydroxylation sites is 1. The van der Waals surface area contributed by atoms with E-state index in [2.05, 4.69) is 0 Å². The number of rotatable bonds is 7. The highest BCUT2D eigenvalue weighted by molar-refractivity contribution is 7.61. The van der Waals surface area contributed by atoms with E-state index in [1.165, 1.54) is 0 Å². The first-order chi connectivity index (χ1) is 14.3. The first-order valence-electron chi connectivity index (χ1n) is 10.3. The molecule has 160 valence electrons. The molecular weight excluding hydrogens is 397 g/mol. The zero-order valence-corrected chi connectivity index (χ0v) is 19.2. The van der Waals surface area contributed by atoms with Crippen molar-refractivity contribution >= 4 is 24.1 Å². The van der Waals surface area contributed by atoms with Crippen molar-refractivity contribution in [1.29, 1.82) is 0 Å². The summed E-state index contributed by atoms with van der Waals surface area (Å²) in [4.78, 5) is 9.76. The fraction of sp³-hybridized carbons (Fsp3) is 0.391. The van der Waals surface area contributed by atoms with Gasteiger partial charge in [0.1, 0.15) is 5.49 Å². The summed E-state index contributed by atoms with van der Waals surface area (Å²) in [5.74, 6) is 0. The van der Waals surface area contributed by atoms with Crippen molar-refractivity contribution in [2.45, 2.75) is 46.7 Å². The lowest BCUT2D eigenvalue weighted by Crippen LogP contribution is -2.39. The van der Waals surface area contributed by atoms with Crippen LogP contribution in [0.15, 0.2) is 59.6 Å². The molecule has 3 aromatic rings. The summed E-state index contributed by atoms with van der Waals surface area (Å²) >= 11 is 0. The fourth-order valence-corrected chi connectivity index (χ4v) is 4.90. The van der Waals surface area contributed by atoms with Crippen LogP contribution in [-0.4, -0.2) is 28.3 Å². The third kappa shape index (κ3) is 5.07. The minimum Gasteiger partial charge on any atom is -0.303 e. The average Bonchev–Trinajstić information content (AvgIpc) is 2.69. The van der Waals surface area contributed by atoms with Gasteiger partial charge < -0.3 is 9.05 Å². The minimum atomic E-state index is -3.65. The van der Waals surface area contributed by atoms with E-state index < -0.39 is 7.60 Å². The van der Waals surface area contributed by atoms with Crippen molar-refractivity contribution in [3.05, 3.63) is 65.6 Å². The van der Waals surface area contributed by atoms with Gasteiger partial charge in [-0.1, -0.05) is 42.5 Å². The largest absolute Gasteiger partial charge is 0.396 e. The molecule has 0 amide bonds. The van der Waals surface area contributed by atoms with Crippen LogP contribution in [-0.2, 0) is 20.2 Å². The van der Waals surface area contributed by atoms with Gasteiger partial charge in [0, 0.05) is 5.39 Å². The van der Waals surface area contributed by atoms with Gasteiger partial charge in [-0.25, -0.2) is 4.98 Å². The van der Waals surface area contributed by atoms with E-state index in [1.807, 2.05) is 79.9 Å². The summed E-state index contributed by atoms with van der Waals surface area (Å²) in [7, 11) is -3.65. The van der Waals surface area contributed by atoms with Gasteiger partial charge in [0.05, 0.1) is 30.8 Å². The van der Waals surface area contributed by atoms with Crippen molar-refractivity contribution in [2.24, 2.45) is 4.99 Å². The molecule has 3 rings (SSSR count). The van der Waals surface area contributed by atoms with Gasteiger partial charge in [0.15, 0.2) is 0 Å². The van der Waals surface area contributed by atoms with Crippen LogP contribution in [0.1, 0.15) is 40.2 Å². The molecule has 0 saturated carbocycles. The lowest BCUT2D eigenvalue weighted by Gasteiger charge is -2.23. The Morgan fingerprint density at radius 2 is 1.57 bits per heavy atom. The van der Waals surface area contributed by atoms with Crippen LogP contribution in [0.25, 0.3) is 10.9 Å². The molecule has 0 atom stereocenters. The smallest absolute Gasteiger partial charge is 0.303 e. The zero-order valence-electron chi connectivity index (χ0n) is 18.3. The molecule has 0 aliphatic heterocycles. The second-order valence-electron chi connectivity index (χ2n) is 7.94. The van der Waals surface area contributed by atoms with Gasteiger partial charge in [0.25, 0.3) is 0 Å². The SMILES string of the molecule is CCOP(=O)(OCC)c1nc2ccccc2c(=NC(C)(C)C)n1Cc1ccccc1. The average molecular weight is 427 g/mol. The second kappa shape index (κ2) is 9.25. The highest BCUT2D eigenvalue weighted by atomic mass is 31.2. The molecule has 0 radical (unpaired) electrons. The van der Waals surface area contributed by atoms with Gasteiger partial charge in [-0.3, -0.25) is 14.1 Å². The Labute approximate surface area is 178 Å². The van der Waals surface area contributed by atoms with Crippen LogP contribution >= 0.6 is 7.60 Å². The Kier molecular flexibility index (Phi) is 6.91. The van der Waals surface area contributed by atoms with Crippen molar-refractivity contribution in [1.82, 2.24) is 9.55 Å². The predicted molar refractivity (Wildman–Crippen MR) is 121 cm³/mol.